The van der Waals surface area contributed by atoms with E-state index in [2.05, 4.69) is 4.98 Å². The van der Waals surface area contributed by atoms with Crippen molar-refractivity contribution in [3.05, 3.63) is 77.5 Å². The van der Waals surface area contributed by atoms with Crippen LogP contribution in [-0.4, -0.2) is 12.1 Å². The Hall–Kier alpha value is -3.23. The van der Waals surface area contributed by atoms with Crippen molar-refractivity contribution in [1.29, 1.82) is 0 Å². The maximum Gasteiger partial charge on any atom is 0.437 e. The number of methoxy groups -OCH3 is 1. The molecule has 0 saturated carbocycles. The van der Waals surface area contributed by atoms with Gasteiger partial charge in [-0.1, -0.05) is 24.3 Å². The lowest BCUT2D eigenvalue weighted by Crippen LogP contribution is -2.12. The Bertz CT molecular complexity index is 996. The topological polar surface area (TPSA) is 31.4 Å². The lowest BCUT2D eigenvalue weighted by Gasteiger charge is -2.15. The largest absolute Gasteiger partial charge is 0.497 e. The molecule has 0 saturated heterocycles. The molecule has 2 aromatic carbocycles. The summed E-state index contributed by atoms with van der Waals surface area (Å²) in [6.45, 7) is -0.131. The molecule has 158 valence electrons. The van der Waals surface area contributed by atoms with Gasteiger partial charge in [-0.25, -0.2) is 4.98 Å². The summed E-state index contributed by atoms with van der Waals surface area (Å²) in [6, 6.07) is 12.7. The Morgan fingerprint density at radius 3 is 1.93 bits per heavy atom. The van der Waals surface area contributed by atoms with Crippen LogP contribution in [-0.2, 0) is 19.0 Å². The molecule has 0 N–H and O–H groups in total. The molecule has 1 aromatic heterocycles. The summed E-state index contributed by atoms with van der Waals surface area (Å²) >= 11 is 0. The van der Waals surface area contributed by atoms with Gasteiger partial charge in [0.2, 0.25) is 0 Å². The summed E-state index contributed by atoms with van der Waals surface area (Å²) in [4.78, 5) is 3.59. The molecule has 3 rings (SSSR count). The molecule has 0 radical (unpaired) electrons. The number of halogens is 6. The SMILES string of the molecule is COc1ccc(COc2ccc(-c3ccc(C(F)(F)F)cc3)nc2C(F)(F)F)cc1. The predicted octanol–water partition coefficient (Wildman–Crippen LogP) is 6.37. The van der Waals surface area contributed by atoms with Crippen molar-refractivity contribution < 1.29 is 35.8 Å². The van der Waals surface area contributed by atoms with Gasteiger partial charge in [0.1, 0.15) is 12.4 Å². The highest BCUT2D eigenvalue weighted by Crippen LogP contribution is 2.37. The molecule has 0 unspecified atom stereocenters. The van der Waals surface area contributed by atoms with Gasteiger partial charge in [-0.2, -0.15) is 26.3 Å². The lowest BCUT2D eigenvalue weighted by atomic mass is 10.1. The molecule has 0 fully saturated rings. The third-order valence-electron chi connectivity index (χ3n) is 4.19. The summed E-state index contributed by atoms with van der Waals surface area (Å²) < 4.78 is 88.8. The van der Waals surface area contributed by atoms with Crippen molar-refractivity contribution in [3.63, 3.8) is 0 Å². The molecule has 0 bridgehead atoms. The van der Waals surface area contributed by atoms with Crippen molar-refractivity contribution in [2.45, 2.75) is 19.0 Å². The first-order valence-corrected chi connectivity index (χ1v) is 8.59. The van der Waals surface area contributed by atoms with E-state index in [-0.39, 0.29) is 17.9 Å². The van der Waals surface area contributed by atoms with Crippen LogP contribution in [0.5, 0.6) is 11.5 Å². The van der Waals surface area contributed by atoms with Gasteiger partial charge in [-0.05, 0) is 42.0 Å². The fourth-order valence-corrected chi connectivity index (χ4v) is 2.64. The van der Waals surface area contributed by atoms with Crippen LogP contribution < -0.4 is 9.47 Å². The van der Waals surface area contributed by atoms with Crippen molar-refractivity contribution in [2.24, 2.45) is 0 Å². The zero-order chi connectivity index (χ0) is 21.9. The number of pyridine rings is 1. The number of nitrogens with zero attached hydrogens (tertiary/aromatic N) is 1. The lowest BCUT2D eigenvalue weighted by molar-refractivity contribution is -0.142. The predicted molar refractivity (Wildman–Crippen MR) is 97.0 cm³/mol. The van der Waals surface area contributed by atoms with E-state index in [1.807, 2.05) is 0 Å². The van der Waals surface area contributed by atoms with E-state index in [0.29, 0.717) is 11.3 Å². The first-order valence-electron chi connectivity index (χ1n) is 8.59. The second-order valence-electron chi connectivity index (χ2n) is 6.25. The Kier molecular flexibility index (Phi) is 5.91. The third-order valence-corrected chi connectivity index (χ3v) is 4.19. The molecule has 1 heterocycles. The molecular weight excluding hydrogens is 412 g/mol. The van der Waals surface area contributed by atoms with Crippen LogP contribution in [0.15, 0.2) is 60.7 Å². The Labute approximate surface area is 167 Å². The van der Waals surface area contributed by atoms with Crippen LogP contribution in [0.3, 0.4) is 0 Å². The summed E-state index contributed by atoms with van der Waals surface area (Å²) in [5.41, 5.74) is -1.53. The zero-order valence-corrected chi connectivity index (χ0v) is 15.5. The molecule has 0 amide bonds. The van der Waals surface area contributed by atoms with Gasteiger partial charge in [0.25, 0.3) is 0 Å². The first-order chi connectivity index (χ1) is 14.1. The van der Waals surface area contributed by atoms with Crippen molar-refractivity contribution in [1.82, 2.24) is 4.98 Å². The number of alkyl halides is 6. The van der Waals surface area contributed by atoms with Crippen LogP contribution in [0.4, 0.5) is 26.3 Å². The van der Waals surface area contributed by atoms with Crippen LogP contribution in [0.25, 0.3) is 11.3 Å². The summed E-state index contributed by atoms with van der Waals surface area (Å²) in [7, 11) is 1.49. The van der Waals surface area contributed by atoms with Crippen molar-refractivity contribution >= 4 is 0 Å². The van der Waals surface area contributed by atoms with E-state index >= 15 is 0 Å². The van der Waals surface area contributed by atoms with Crippen LogP contribution in [0, 0.1) is 0 Å². The van der Waals surface area contributed by atoms with Gasteiger partial charge >= 0.3 is 12.4 Å². The Morgan fingerprint density at radius 2 is 1.40 bits per heavy atom. The smallest absolute Gasteiger partial charge is 0.437 e. The Balaban J connectivity index is 1.86. The summed E-state index contributed by atoms with van der Waals surface area (Å²) in [5.74, 6) is 0.117. The van der Waals surface area contributed by atoms with E-state index in [0.717, 1.165) is 30.3 Å². The fourth-order valence-electron chi connectivity index (χ4n) is 2.64. The number of hydrogen-bond acceptors (Lipinski definition) is 3. The highest BCUT2D eigenvalue weighted by atomic mass is 19.4. The third kappa shape index (κ3) is 5.03. The highest BCUT2D eigenvalue weighted by molar-refractivity contribution is 5.61. The van der Waals surface area contributed by atoms with Gasteiger partial charge in [0, 0.05) is 5.56 Å². The first kappa shape index (κ1) is 21.5. The van der Waals surface area contributed by atoms with Gasteiger partial charge in [0.05, 0.1) is 18.4 Å². The highest BCUT2D eigenvalue weighted by Gasteiger charge is 2.37. The molecule has 3 aromatic rings. The second kappa shape index (κ2) is 8.25. The molecule has 0 aliphatic rings. The molecule has 0 spiro atoms. The zero-order valence-electron chi connectivity index (χ0n) is 15.5. The van der Waals surface area contributed by atoms with Gasteiger partial charge in [0.15, 0.2) is 11.4 Å². The minimum Gasteiger partial charge on any atom is -0.497 e. The van der Waals surface area contributed by atoms with E-state index in [9.17, 15) is 26.3 Å². The van der Waals surface area contributed by atoms with E-state index in [1.165, 1.54) is 13.2 Å². The molecule has 9 heteroatoms. The molecule has 30 heavy (non-hydrogen) atoms. The van der Waals surface area contributed by atoms with Gasteiger partial charge in [-0.3, -0.25) is 0 Å². The molecular formula is C21H15F6NO2. The minimum absolute atomic E-state index is 0.118. The minimum atomic E-state index is -4.81. The van der Waals surface area contributed by atoms with Crippen LogP contribution >= 0.6 is 0 Å². The number of rotatable bonds is 5. The van der Waals surface area contributed by atoms with Crippen molar-refractivity contribution in [3.8, 4) is 22.8 Å². The monoisotopic (exact) mass is 427 g/mol. The number of benzene rings is 2. The average molecular weight is 427 g/mol. The van der Waals surface area contributed by atoms with Gasteiger partial charge < -0.3 is 9.47 Å². The molecule has 0 atom stereocenters. The number of hydrogen-bond donors (Lipinski definition) is 0. The van der Waals surface area contributed by atoms with E-state index < -0.39 is 29.4 Å². The average Bonchev–Trinajstić information content (AvgIpc) is 2.71. The number of ether oxygens (including phenoxy) is 2. The molecule has 3 nitrogen and oxygen atoms in total. The van der Waals surface area contributed by atoms with E-state index in [1.54, 1.807) is 24.3 Å². The quantitative estimate of drug-likeness (QED) is 0.443. The van der Waals surface area contributed by atoms with Crippen molar-refractivity contribution in [2.75, 3.05) is 7.11 Å². The summed E-state index contributed by atoms with van der Waals surface area (Å²) in [6.07, 6.45) is -9.35. The van der Waals surface area contributed by atoms with Crippen LogP contribution in [0.2, 0.25) is 0 Å². The molecule has 0 aliphatic carbocycles. The normalized spacial score (nSPS) is 12.0. The maximum absolute atomic E-state index is 13.5. The van der Waals surface area contributed by atoms with Gasteiger partial charge in [-0.15, -0.1) is 0 Å². The second-order valence-corrected chi connectivity index (χ2v) is 6.25. The standard InChI is InChI=1S/C21H15F6NO2/c1-29-16-8-2-13(3-9-16)12-30-18-11-10-17(28-19(18)21(25,26)27)14-4-6-15(7-5-14)20(22,23)24/h2-11H,12H2,1H3. The van der Waals surface area contributed by atoms with Crippen LogP contribution in [0.1, 0.15) is 16.8 Å². The Morgan fingerprint density at radius 1 is 0.767 bits per heavy atom. The molecule has 0 aliphatic heterocycles. The van der Waals surface area contributed by atoms with E-state index in [4.69, 9.17) is 9.47 Å². The number of aromatic nitrogens is 1. The summed E-state index contributed by atoms with van der Waals surface area (Å²) in [5, 5.41) is 0. The maximum atomic E-state index is 13.5. The fraction of sp³-hybridized carbons (Fsp3) is 0.190.